The number of rotatable bonds is 10. The number of nitrogens with one attached hydrogen (secondary N) is 1. The molecular weight excluding hydrogens is 458 g/mol. The molecule has 2 N–H and O–H groups in total. The minimum atomic E-state index is -0.127. The first-order valence-electron chi connectivity index (χ1n) is 15.3. The lowest BCUT2D eigenvalue weighted by Crippen LogP contribution is -2.50. The number of ether oxygens (including phenoxy) is 1. The van der Waals surface area contributed by atoms with Gasteiger partial charge in [-0.25, -0.2) is 0 Å². The lowest BCUT2D eigenvalue weighted by Gasteiger charge is -2.58. The minimum absolute atomic E-state index is 0.0746. The van der Waals surface area contributed by atoms with Crippen LogP contribution in [0.5, 0.6) is 0 Å². The zero-order valence-electron chi connectivity index (χ0n) is 24.2. The smallest absolute Gasteiger partial charge is 0.220 e. The average Bonchev–Trinajstić information content (AvgIpc) is 3.20. The molecule has 2 unspecified atom stereocenters. The Bertz CT molecular complexity index is 875. The lowest BCUT2D eigenvalue weighted by atomic mass is 9.47. The molecule has 0 saturated heterocycles. The highest BCUT2D eigenvalue weighted by Gasteiger charge is 2.59. The van der Waals surface area contributed by atoms with Crippen molar-refractivity contribution >= 4 is 5.91 Å². The predicted octanol–water partition coefficient (Wildman–Crippen LogP) is 6.67. The summed E-state index contributed by atoms with van der Waals surface area (Å²) in [5, 5.41) is 13.5. The second kappa shape index (κ2) is 11.8. The van der Waals surface area contributed by atoms with Crippen molar-refractivity contribution in [3.8, 4) is 12.3 Å². The highest BCUT2D eigenvalue weighted by molar-refractivity contribution is 5.76. The van der Waals surface area contributed by atoms with E-state index in [1.54, 1.807) is 5.57 Å². The van der Waals surface area contributed by atoms with E-state index in [4.69, 9.17) is 11.2 Å². The summed E-state index contributed by atoms with van der Waals surface area (Å²) in [4.78, 5) is 12.7. The quantitative estimate of drug-likeness (QED) is 0.254. The van der Waals surface area contributed by atoms with Gasteiger partial charge in [-0.05, 0) is 118 Å². The fourth-order valence-corrected chi connectivity index (χ4v) is 9.27. The molecule has 0 aliphatic heterocycles. The van der Waals surface area contributed by atoms with Gasteiger partial charge in [-0.2, -0.15) is 0 Å². The molecule has 4 aliphatic carbocycles. The number of aliphatic hydroxyl groups is 1. The van der Waals surface area contributed by atoms with Crippen molar-refractivity contribution in [2.75, 3.05) is 6.61 Å². The molecule has 1 amide bonds. The van der Waals surface area contributed by atoms with Gasteiger partial charge in [0.1, 0.15) is 0 Å². The Morgan fingerprint density at radius 3 is 2.70 bits per heavy atom. The number of terminal acetylenes is 1. The second-order valence-electron chi connectivity index (χ2n) is 13.7. The molecule has 0 heterocycles. The van der Waals surface area contributed by atoms with Gasteiger partial charge in [0.2, 0.25) is 5.91 Å². The number of carbonyl (C=O) groups is 1. The van der Waals surface area contributed by atoms with Crippen LogP contribution in [-0.2, 0) is 9.53 Å². The molecule has 0 aromatic rings. The maximum absolute atomic E-state index is 12.7. The Kier molecular flexibility index (Phi) is 9.17. The van der Waals surface area contributed by atoms with Crippen LogP contribution in [0.3, 0.4) is 0 Å². The van der Waals surface area contributed by atoms with Crippen LogP contribution in [-0.4, -0.2) is 35.9 Å². The van der Waals surface area contributed by atoms with Crippen molar-refractivity contribution in [2.24, 2.45) is 40.4 Å². The number of hydrogen-bond donors (Lipinski definition) is 2. The number of allylic oxidation sites excluding steroid dienone is 1. The predicted molar refractivity (Wildman–Crippen MR) is 151 cm³/mol. The summed E-state index contributed by atoms with van der Waals surface area (Å²) in [7, 11) is 0. The number of hydrogen-bond acceptors (Lipinski definition) is 3. The number of aliphatic hydroxyl groups excluding tert-OH is 1. The van der Waals surface area contributed by atoms with E-state index in [2.05, 4.69) is 45.0 Å². The van der Waals surface area contributed by atoms with Gasteiger partial charge >= 0.3 is 0 Å². The van der Waals surface area contributed by atoms with Crippen LogP contribution in [0.15, 0.2) is 11.6 Å². The minimum Gasteiger partial charge on any atom is -0.393 e. The summed E-state index contributed by atoms with van der Waals surface area (Å²) in [6.07, 6.45) is 20.5. The van der Waals surface area contributed by atoms with Crippen LogP contribution in [0, 0.1) is 52.8 Å². The summed E-state index contributed by atoms with van der Waals surface area (Å²) >= 11 is 0. The Hall–Kier alpha value is -1.31. The van der Waals surface area contributed by atoms with Gasteiger partial charge in [0.05, 0.1) is 12.2 Å². The van der Waals surface area contributed by atoms with E-state index >= 15 is 0 Å². The molecule has 4 nitrogen and oxygen atoms in total. The van der Waals surface area contributed by atoms with Crippen LogP contribution >= 0.6 is 0 Å². The first kappa shape index (κ1) is 28.7. The van der Waals surface area contributed by atoms with Gasteiger partial charge in [-0.15, -0.1) is 12.3 Å². The molecule has 4 aliphatic rings. The largest absolute Gasteiger partial charge is 0.393 e. The van der Waals surface area contributed by atoms with Crippen molar-refractivity contribution in [3.63, 3.8) is 0 Å². The molecule has 0 bridgehead atoms. The zero-order chi connectivity index (χ0) is 26.8. The molecular formula is C33H53NO3. The van der Waals surface area contributed by atoms with Crippen LogP contribution in [0.25, 0.3) is 0 Å². The number of fused-ring (bicyclic) bond motifs is 5. The highest BCUT2D eigenvalue weighted by atomic mass is 16.5. The molecule has 3 fully saturated rings. The van der Waals surface area contributed by atoms with Gasteiger partial charge in [0, 0.05) is 25.5 Å². The Morgan fingerprint density at radius 1 is 1.16 bits per heavy atom. The van der Waals surface area contributed by atoms with Gasteiger partial charge in [-0.3, -0.25) is 4.79 Å². The summed E-state index contributed by atoms with van der Waals surface area (Å²) < 4.78 is 5.73. The summed E-state index contributed by atoms with van der Waals surface area (Å²) in [6.45, 7) is 12.2. The van der Waals surface area contributed by atoms with E-state index in [0.717, 1.165) is 55.8 Å². The molecule has 208 valence electrons. The van der Waals surface area contributed by atoms with Gasteiger partial charge in [0.25, 0.3) is 0 Å². The van der Waals surface area contributed by atoms with E-state index in [1.165, 1.54) is 32.1 Å². The fraction of sp³-hybridized carbons (Fsp3) is 0.848. The van der Waals surface area contributed by atoms with Crippen molar-refractivity contribution in [3.05, 3.63) is 11.6 Å². The third kappa shape index (κ3) is 5.99. The molecule has 0 spiro atoms. The van der Waals surface area contributed by atoms with Gasteiger partial charge < -0.3 is 15.2 Å². The monoisotopic (exact) mass is 511 g/mol. The number of carbonyl (C=O) groups excluding carboxylic acids is 1. The second-order valence-corrected chi connectivity index (χ2v) is 13.7. The molecule has 4 rings (SSSR count). The first-order valence-corrected chi connectivity index (χ1v) is 15.3. The van der Waals surface area contributed by atoms with Crippen LogP contribution in [0.4, 0.5) is 0 Å². The van der Waals surface area contributed by atoms with Crippen LogP contribution < -0.4 is 5.32 Å². The third-order valence-corrected chi connectivity index (χ3v) is 11.4. The topological polar surface area (TPSA) is 58.6 Å². The molecule has 4 heteroatoms. The first-order chi connectivity index (χ1) is 17.6. The molecule has 10 atom stereocenters. The van der Waals surface area contributed by atoms with E-state index in [9.17, 15) is 9.90 Å². The van der Waals surface area contributed by atoms with Crippen molar-refractivity contribution in [2.45, 2.75) is 130 Å². The summed E-state index contributed by atoms with van der Waals surface area (Å²) in [6, 6.07) is 0.121. The standard InChI is InChI=1S/C33H53NO3/c1-7-8-24(4)37-20-17-23(3)34-31(36)14-9-22(2)28-12-13-29-27-11-10-25-21-26(35)15-18-32(25,5)30(27)16-19-33(28,29)6/h1,10,22-24,26-30,35H,8-9,11-21H2,2-6H3,(H,34,36)/t22-,23?,24?,26+,27+,28-,29+,30+,32+,33-/m1/s1. The van der Waals surface area contributed by atoms with Crippen LogP contribution in [0.2, 0.25) is 0 Å². The molecule has 3 saturated carbocycles. The summed E-state index contributed by atoms with van der Waals surface area (Å²) in [5.41, 5.74) is 2.28. The van der Waals surface area contributed by atoms with Gasteiger partial charge in [-0.1, -0.05) is 32.4 Å². The summed E-state index contributed by atoms with van der Waals surface area (Å²) in [5.74, 6) is 6.51. The SMILES string of the molecule is C#CCC(C)OCCC(C)NC(=O)CC[C@@H](C)[C@H]1CC[C@H]2[C@@H]3CC=C4C[C@@H](O)CC[C@]4(C)[C@H]3CC[C@]12C. The molecule has 0 aromatic heterocycles. The van der Waals surface area contributed by atoms with E-state index in [0.29, 0.717) is 36.2 Å². The fourth-order valence-electron chi connectivity index (χ4n) is 9.27. The third-order valence-electron chi connectivity index (χ3n) is 11.4. The van der Waals surface area contributed by atoms with Crippen LogP contribution in [0.1, 0.15) is 112 Å². The zero-order valence-corrected chi connectivity index (χ0v) is 24.2. The Labute approximate surface area is 226 Å². The lowest BCUT2D eigenvalue weighted by molar-refractivity contribution is -0.122. The normalized spacial score (nSPS) is 39.3. The average molecular weight is 512 g/mol. The highest BCUT2D eigenvalue weighted by Crippen LogP contribution is 2.67. The maximum atomic E-state index is 12.7. The Morgan fingerprint density at radius 2 is 1.95 bits per heavy atom. The van der Waals surface area contributed by atoms with Crippen molar-refractivity contribution < 1.29 is 14.6 Å². The van der Waals surface area contributed by atoms with Crippen molar-refractivity contribution in [1.29, 1.82) is 0 Å². The maximum Gasteiger partial charge on any atom is 0.220 e. The van der Waals surface area contributed by atoms with E-state index in [-0.39, 0.29) is 24.2 Å². The van der Waals surface area contributed by atoms with E-state index in [1.807, 2.05) is 6.92 Å². The Balaban J connectivity index is 1.28. The molecule has 0 radical (unpaired) electrons. The molecule has 37 heavy (non-hydrogen) atoms. The molecule has 0 aromatic carbocycles. The van der Waals surface area contributed by atoms with Crippen molar-refractivity contribution in [1.82, 2.24) is 5.32 Å². The van der Waals surface area contributed by atoms with E-state index < -0.39 is 0 Å². The number of amides is 1. The van der Waals surface area contributed by atoms with Gasteiger partial charge in [0.15, 0.2) is 0 Å².